The Morgan fingerprint density at radius 1 is 1.26 bits per heavy atom. The van der Waals surface area contributed by atoms with Gasteiger partial charge < -0.3 is 19.1 Å². The normalized spacial score (nSPS) is 17.0. The number of nitrogens with zero attached hydrogens (tertiary/aromatic N) is 6. The summed E-state index contributed by atoms with van der Waals surface area (Å²) in [6.45, 7) is 6.14. The van der Waals surface area contributed by atoms with Gasteiger partial charge in [0.2, 0.25) is 0 Å². The molecule has 0 aromatic carbocycles. The molecule has 126 valence electrons. The van der Waals surface area contributed by atoms with E-state index in [0.717, 1.165) is 56.4 Å². The van der Waals surface area contributed by atoms with E-state index in [1.165, 1.54) is 0 Å². The van der Waals surface area contributed by atoms with E-state index < -0.39 is 0 Å². The van der Waals surface area contributed by atoms with Crippen molar-refractivity contribution in [2.75, 3.05) is 26.2 Å². The lowest BCUT2D eigenvalue weighted by atomic mass is 9.96. The van der Waals surface area contributed by atoms with Crippen molar-refractivity contribution in [3.05, 3.63) is 29.9 Å². The molecule has 3 rings (SSSR count). The molecule has 1 aliphatic rings. The molecule has 7 heteroatoms. The number of likely N-dealkylation sites (tertiary alicyclic amines) is 1. The van der Waals surface area contributed by atoms with Gasteiger partial charge in [-0.1, -0.05) is 0 Å². The molecule has 0 saturated carbocycles. The maximum atomic E-state index is 8.94. The number of piperidine rings is 1. The molecular formula is C16H26N6O. The Kier molecular flexibility index (Phi) is 5.07. The molecule has 2 aromatic heterocycles. The average Bonchev–Trinajstić information content (AvgIpc) is 3.13. The summed E-state index contributed by atoms with van der Waals surface area (Å²) >= 11 is 0. The lowest BCUT2D eigenvalue weighted by Gasteiger charge is -2.31. The van der Waals surface area contributed by atoms with E-state index in [1.54, 1.807) is 0 Å². The van der Waals surface area contributed by atoms with Crippen molar-refractivity contribution in [3.8, 4) is 0 Å². The van der Waals surface area contributed by atoms with Crippen molar-refractivity contribution in [1.82, 2.24) is 29.2 Å². The van der Waals surface area contributed by atoms with Crippen LogP contribution in [-0.2, 0) is 13.6 Å². The second kappa shape index (κ2) is 7.23. The minimum Gasteiger partial charge on any atom is -0.396 e. The Balaban J connectivity index is 1.62. The zero-order valence-electron chi connectivity index (χ0n) is 14.0. The predicted octanol–water partition coefficient (Wildman–Crippen LogP) is 0.930. The first kappa shape index (κ1) is 16.1. The maximum absolute atomic E-state index is 8.94. The molecule has 7 nitrogen and oxygen atoms in total. The van der Waals surface area contributed by atoms with Gasteiger partial charge in [0, 0.05) is 38.5 Å². The number of aliphatic hydroxyl groups excluding tert-OH is 1. The smallest absolute Gasteiger partial charge is 0.152 e. The molecule has 2 aromatic rings. The van der Waals surface area contributed by atoms with Crippen LogP contribution in [0.4, 0.5) is 0 Å². The van der Waals surface area contributed by atoms with Crippen molar-refractivity contribution in [2.45, 2.75) is 38.6 Å². The Morgan fingerprint density at radius 2 is 2.04 bits per heavy atom. The van der Waals surface area contributed by atoms with Crippen LogP contribution in [0.1, 0.15) is 42.7 Å². The number of aromatic nitrogens is 5. The largest absolute Gasteiger partial charge is 0.396 e. The van der Waals surface area contributed by atoms with Gasteiger partial charge in [0.05, 0.1) is 6.54 Å². The van der Waals surface area contributed by atoms with E-state index >= 15 is 0 Å². The van der Waals surface area contributed by atoms with Gasteiger partial charge in [-0.15, -0.1) is 10.2 Å². The van der Waals surface area contributed by atoms with E-state index in [1.807, 2.05) is 19.3 Å². The third-order valence-corrected chi connectivity index (χ3v) is 4.82. The first-order valence-electron chi connectivity index (χ1n) is 8.38. The predicted molar refractivity (Wildman–Crippen MR) is 87.2 cm³/mol. The Labute approximate surface area is 137 Å². The second-order valence-corrected chi connectivity index (χ2v) is 6.33. The Hall–Kier alpha value is -1.73. The highest BCUT2D eigenvalue weighted by atomic mass is 16.3. The van der Waals surface area contributed by atoms with Gasteiger partial charge in [0.1, 0.15) is 11.6 Å². The molecule has 0 radical (unpaired) electrons. The fraction of sp³-hybridized carbons (Fsp3) is 0.688. The molecule has 23 heavy (non-hydrogen) atoms. The van der Waals surface area contributed by atoms with Gasteiger partial charge in [0.25, 0.3) is 0 Å². The van der Waals surface area contributed by atoms with Crippen LogP contribution in [0.3, 0.4) is 0 Å². The highest BCUT2D eigenvalue weighted by molar-refractivity contribution is 5.05. The number of imidazole rings is 1. The summed E-state index contributed by atoms with van der Waals surface area (Å²) in [5, 5.41) is 17.8. The third-order valence-electron chi connectivity index (χ3n) is 4.82. The molecule has 0 bridgehead atoms. The van der Waals surface area contributed by atoms with E-state index in [0.29, 0.717) is 12.5 Å². The molecule has 0 unspecified atom stereocenters. The summed E-state index contributed by atoms with van der Waals surface area (Å²) in [6, 6.07) is 0. The van der Waals surface area contributed by atoms with Gasteiger partial charge in [0.15, 0.2) is 5.82 Å². The highest BCUT2D eigenvalue weighted by Gasteiger charge is 2.25. The first-order chi connectivity index (χ1) is 11.2. The van der Waals surface area contributed by atoms with E-state index in [-0.39, 0.29) is 6.61 Å². The van der Waals surface area contributed by atoms with Gasteiger partial charge >= 0.3 is 0 Å². The summed E-state index contributed by atoms with van der Waals surface area (Å²) in [7, 11) is 2.06. The van der Waals surface area contributed by atoms with E-state index in [2.05, 4.69) is 36.3 Å². The van der Waals surface area contributed by atoms with Gasteiger partial charge in [-0.05, 0) is 39.3 Å². The minimum absolute atomic E-state index is 0.278. The summed E-state index contributed by atoms with van der Waals surface area (Å²) in [6.07, 6.45) is 6.88. The van der Waals surface area contributed by atoms with Crippen LogP contribution in [0.15, 0.2) is 12.4 Å². The SMILES string of the molecule is Cc1nccn1Cc1nnc(C2CCN(CCCO)CC2)n1C. The molecule has 1 aliphatic heterocycles. The fourth-order valence-electron chi connectivity index (χ4n) is 3.30. The number of hydrogen-bond acceptors (Lipinski definition) is 5. The Bertz CT molecular complexity index is 626. The Morgan fingerprint density at radius 3 is 2.70 bits per heavy atom. The fourth-order valence-corrected chi connectivity index (χ4v) is 3.30. The van der Waals surface area contributed by atoms with Crippen molar-refractivity contribution in [3.63, 3.8) is 0 Å². The van der Waals surface area contributed by atoms with Gasteiger partial charge in [-0.3, -0.25) is 0 Å². The summed E-state index contributed by atoms with van der Waals surface area (Å²) in [5.74, 6) is 3.55. The van der Waals surface area contributed by atoms with Crippen molar-refractivity contribution < 1.29 is 5.11 Å². The van der Waals surface area contributed by atoms with Crippen LogP contribution in [0.2, 0.25) is 0 Å². The van der Waals surface area contributed by atoms with Crippen molar-refractivity contribution in [1.29, 1.82) is 0 Å². The minimum atomic E-state index is 0.278. The number of hydrogen-bond donors (Lipinski definition) is 1. The second-order valence-electron chi connectivity index (χ2n) is 6.33. The number of aliphatic hydroxyl groups is 1. The average molecular weight is 318 g/mol. The molecule has 1 N–H and O–H groups in total. The zero-order chi connectivity index (χ0) is 16.2. The van der Waals surface area contributed by atoms with Gasteiger partial charge in [-0.2, -0.15) is 0 Å². The molecule has 0 spiro atoms. The quantitative estimate of drug-likeness (QED) is 0.858. The van der Waals surface area contributed by atoms with Crippen molar-refractivity contribution >= 4 is 0 Å². The molecule has 1 saturated heterocycles. The number of rotatable bonds is 6. The topological polar surface area (TPSA) is 72.0 Å². The molecule has 0 atom stereocenters. The van der Waals surface area contributed by atoms with Crippen LogP contribution < -0.4 is 0 Å². The molecule has 1 fully saturated rings. The number of aryl methyl sites for hydroxylation is 1. The van der Waals surface area contributed by atoms with E-state index in [9.17, 15) is 0 Å². The molecule has 0 aliphatic carbocycles. The van der Waals surface area contributed by atoms with Crippen molar-refractivity contribution in [2.24, 2.45) is 7.05 Å². The zero-order valence-corrected chi connectivity index (χ0v) is 14.0. The van der Waals surface area contributed by atoms with Crippen LogP contribution in [0.5, 0.6) is 0 Å². The standard InChI is InChI=1S/C16H26N6O/c1-13-17-6-10-22(13)12-15-18-19-16(20(15)2)14-4-8-21(9-5-14)7-3-11-23/h6,10,14,23H,3-5,7-9,11-12H2,1-2H3. The van der Waals surface area contributed by atoms with Crippen LogP contribution in [0.25, 0.3) is 0 Å². The molecular weight excluding hydrogens is 292 g/mol. The monoisotopic (exact) mass is 318 g/mol. The van der Waals surface area contributed by atoms with Crippen LogP contribution in [0, 0.1) is 6.92 Å². The lowest BCUT2D eigenvalue weighted by molar-refractivity contribution is 0.184. The summed E-state index contributed by atoms with van der Waals surface area (Å²) in [5.41, 5.74) is 0. The first-order valence-corrected chi connectivity index (χ1v) is 8.38. The maximum Gasteiger partial charge on any atom is 0.152 e. The highest BCUT2D eigenvalue weighted by Crippen LogP contribution is 2.26. The summed E-state index contributed by atoms with van der Waals surface area (Å²) < 4.78 is 4.23. The summed E-state index contributed by atoms with van der Waals surface area (Å²) in [4.78, 5) is 6.68. The third kappa shape index (κ3) is 3.61. The van der Waals surface area contributed by atoms with Crippen LogP contribution in [-0.4, -0.2) is 60.6 Å². The van der Waals surface area contributed by atoms with Gasteiger partial charge in [-0.25, -0.2) is 4.98 Å². The van der Waals surface area contributed by atoms with E-state index in [4.69, 9.17) is 5.11 Å². The lowest BCUT2D eigenvalue weighted by Crippen LogP contribution is -2.34. The molecule has 0 amide bonds. The van der Waals surface area contributed by atoms with Crippen LogP contribution >= 0.6 is 0 Å². The molecule has 3 heterocycles.